The van der Waals surface area contributed by atoms with Crippen molar-refractivity contribution in [2.24, 2.45) is 0 Å². The zero-order valence-electron chi connectivity index (χ0n) is 18.1. The number of nitrogens with one attached hydrogen (secondary N) is 1. The first-order valence-electron chi connectivity index (χ1n) is 11.7. The van der Waals surface area contributed by atoms with Crippen LogP contribution in [0.1, 0.15) is 68.5 Å². The number of para-hydroxylation sites is 1. The van der Waals surface area contributed by atoms with Crippen molar-refractivity contribution in [1.29, 1.82) is 0 Å². The molecule has 4 nitrogen and oxygen atoms in total. The number of methoxy groups -OCH3 is 1. The number of nitrogens with zero attached hydrogens (tertiary/aromatic N) is 1. The van der Waals surface area contributed by atoms with Gasteiger partial charge in [0, 0.05) is 35.9 Å². The zero-order chi connectivity index (χ0) is 20.4. The van der Waals surface area contributed by atoms with Gasteiger partial charge in [-0.1, -0.05) is 37.1 Å². The Balaban J connectivity index is 1.27. The van der Waals surface area contributed by atoms with Crippen molar-refractivity contribution in [2.45, 2.75) is 74.3 Å². The SMILES string of the molecule is COc1ccccc1[C@@H]1CC1NCCC1(c2ccccn2)CCOC2(CCCC2)C1. The van der Waals surface area contributed by atoms with Crippen LogP contribution >= 0.6 is 0 Å². The molecule has 2 unspecified atom stereocenters. The predicted octanol–water partition coefficient (Wildman–Crippen LogP) is 4.99. The Morgan fingerprint density at radius 3 is 2.73 bits per heavy atom. The molecule has 3 fully saturated rings. The Morgan fingerprint density at radius 1 is 1.10 bits per heavy atom. The van der Waals surface area contributed by atoms with Crippen LogP contribution in [0, 0.1) is 0 Å². The van der Waals surface area contributed by atoms with Crippen molar-refractivity contribution >= 4 is 0 Å². The van der Waals surface area contributed by atoms with E-state index in [9.17, 15) is 0 Å². The van der Waals surface area contributed by atoms with E-state index in [2.05, 4.69) is 35.6 Å². The van der Waals surface area contributed by atoms with Gasteiger partial charge < -0.3 is 14.8 Å². The van der Waals surface area contributed by atoms with Gasteiger partial charge in [0.05, 0.1) is 12.7 Å². The average Bonchev–Trinajstić information content (AvgIpc) is 3.44. The van der Waals surface area contributed by atoms with Crippen molar-refractivity contribution in [2.75, 3.05) is 20.3 Å². The van der Waals surface area contributed by atoms with E-state index in [1.165, 1.54) is 43.4 Å². The lowest BCUT2D eigenvalue weighted by Crippen LogP contribution is -2.47. The molecule has 1 N–H and O–H groups in total. The first-order chi connectivity index (χ1) is 14.7. The van der Waals surface area contributed by atoms with Crippen LogP contribution in [-0.2, 0) is 10.2 Å². The summed E-state index contributed by atoms with van der Waals surface area (Å²) >= 11 is 0. The molecular formula is C26H34N2O2. The van der Waals surface area contributed by atoms with Gasteiger partial charge in [0.2, 0.25) is 0 Å². The Kier molecular flexibility index (Phi) is 5.55. The summed E-state index contributed by atoms with van der Waals surface area (Å²) in [5, 5.41) is 3.85. The molecule has 160 valence electrons. The normalized spacial score (nSPS) is 29.8. The maximum atomic E-state index is 6.38. The lowest BCUT2D eigenvalue weighted by Gasteiger charge is -2.46. The minimum absolute atomic E-state index is 0.0926. The van der Waals surface area contributed by atoms with Gasteiger partial charge in [0.1, 0.15) is 5.75 Å². The molecule has 2 heterocycles. The van der Waals surface area contributed by atoms with E-state index < -0.39 is 0 Å². The number of pyridine rings is 1. The summed E-state index contributed by atoms with van der Waals surface area (Å²) in [5.74, 6) is 1.59. The minimum Gasteiger partial charge on any atom is -0.496 e. The fourth-order valence-corrected chi connectivity index (χ4v) is 6.03. The highest BCUT2D eigenvalue weighted by Gasteiger charge is 2.48. The smallest absolute Gasteiger partial charge is 0.122 e. The summed E-state index contributed by atoms with van der Waals surface area (Å²) in [6.07, 6.45) is 11.5. The Bertz CT molecular complexity index is 849. The van der Waals surface area contributed by atoms with Crippen LogP contribution in [0.15, 0.2) is 48.7 Å². The van der Waals surface area contributed by atoms with Gasteiger partial charge in [-0.2, -0.15) is 0 Å². The van der Waals surface area contributed by atoms with Gasteiger partial charge >= 0.3 is 0 Å². The van der Waals surface area contributed by atoms with Crippen molar-refractivity contribution in [3.05, 3.63) is 59.9 Å². The monoisotopic (exact) mass is 406 g/mol. The molecule has 1 aromatic carbocycles. The van der Waals surface area contributed by atoms with Gasteiger partial charge in [0.25, 0.3) is 0 Å². The lowest BCUT2D eigenvalue weighted by atomic mass is 9.68. The minimum atomic E-state index is 0.0926. The second-order valence-corrected chi connectivity index (χ2v) is 9.56. The van der Waals surface area contributed by atoms with Crippen molar-refractivity contribution in [3.63, 3.8) is 0 Å². The molecule has 30 heavy (non-hydrogen) atoms. The largest absolute Gasteiger partial charge is 0.496 e. The second-order valence-electron chi connectivity index (χ2n) is 9.56. The van der Waals surface area contributed by atoms with E-state index in [1.807, 2.05) is 18.3 Å². The Morgan fingerprint density at radius 2 is 1.93 bits per heavy atom. The van der Waals surface area contributed by atoms with Crippen LogP contribution in [0.5, 0.6) is 5.75 Å². The summed E-state index contributed by atoms with van der Waals surface area (Å²) in [6.45, 7) is 1.90. The Hall–Kier alpha value is -1.91. The van der Waals surface area contributed by atoms with E-state index in [0.717, 1.165) is 38.2 Å². The highest BCUT2D eigenvalue weighted by molar-refractivity contribution is 5.40. The maximum Gasteiger partial charge on any atom is 0.122 e. The van der Waals surface area contributed by atoms with Crippen LogP contribution < -0.4 is 10.1 Å². The van der Waals surface area contributed by atoms with Crippen LogP contribution in [0.2, 0.25) is 0 Å². The first-order valence-corrected chi connectivity index (χ1v) is 11.7. The third-order valence-corrected chi connectivity index (χ3v) is 7.71. The van der Waals surface area contributed by atoms with Gasteiger partial charge in [-0.3, -0.25) is 4.98 Å². The van der Waals surface area contributed by atoms with Gasteiger partial charge in [0.15, 0.2) is 0 Å². The number of hydrogen-bond donors (Lipinski definition) is 1. The molecule has 0 radical (unpaired) electrons. The zero-order valence-corrected chi connectivity index (χ0v) is 18.1. The summed E-state index contributed by atoms with van der Waals surface area (Å²) in [6, 6.07) is 15.4. The fourth-order valence-electron chi connectivity index (χ4n) is 6.03. The quantitative estimate of drug-likeness (QED) is 0.704. The summed E-state index contributed by atoms with van der Waals surface area (Å²) < 4.78 is 12.0. The van der Waals surface area contributed by atoms with Crippen molar-refractivity contribution in [3.8, 4) is 5.75 Å². The van der Waals surface area contributed by atoms with Crippen LogP contribution in [0.4, 0.5) is 0 Å². The molecule has 3 atom stereocenters. The molecule has 2 saturated carbocycles. The molecule has 2 aromatic rings. The molecule has 2 aliphatic carbocycles. The maximum absolute atomic E-state index is 6.38. The average molecular weight is 407 g/mol. The molecular weight excluding hydrogens is 372 g/mol. The molecule has 1 saturated heterocycles. The van der Waals surface area contributed by atoms with E-state index >= 15 is 0 Å². The standard InChI is InChI=1S/C26H34N2O2/c1-29-23-9-3-2-8-20(23)21-18-22(21)27-16-13-25(24-10-4-7-15-28-24)14-17-30-26(19-25)11-5-6-12-26/h2-4,7-10,15,21-22,27H,5-6,11-14,16-19H2,1H3/t21-,22?,25?/m0/s1. The third-order valence-electron chi connectivity index (χ3n) is 7.71. The summed E-state index contributed by atoms with van der Waals surface area (Å²) in [5.41, 5.74) is 2.83. The molecule has 1 spiro atoms. The predicted molar refractivity (Wildman–Crippen MR) is 119 cm³/mol. The number of benzene rings is 1. The highest BCUT2D eigenvalue weighted by Crippen LogP contribution is 2.50. The molecule has 0 bridgehead atoms. The molecule has 1 aliphatic heterocycles. The Labute approximate surface area is 180 Å². The van der Waals surface area contributed by atoms with E-state index in [1.54, 1.807) is 7.11 Å². The second kappa shape index (κ2) is 8.32. The van der Waals surface area contributed by atoms with Gasteiger partial charge in [-0.15, -0.1) is 0 Å². The molecule has 1 aromatic heterocycles. The third kappa shape index (κ3) is 3.88. The van der Waals surface area contributed by atoms with E-state index in [-0.39, 0.29) is 11.0 Å². The molecule has 0 amide bonds. The lowest BCUT2D eigenvalue weighted by molar-refractivity contribution is -0.104. The summed E-state index contributed by atoms with van der Waals surface area (Å²) in [4.78, 5) is 4.83. The number of aromatic nitrogens is 1. The number of rotatable bonds is 7. The first kappa shape index (κ1) is 20.0. The number of ether oxygens (including phenoxy) is 2. The summed E-state index contributed by atoms with van der Waals surface area (Å²) in [7, 11) is 1.77. The van der Waals surface area contributed by atoms with Crippen LogP contribution in [-0.4, -0.2) is 36.9 Å². The molecule has 3 aliphatic rings. The van der Waals surface area contributed by atoms with Crippen molar-refractivity contribution in [1.82, 2.24) is 10.3 Å². The van der Waals surface area contributed by atoms with Crippen LogP contribution in [0.3, 0.4) is 0 Å². The molecule has 4 heteroatoms. The van der Waals surface area contributed by atoms with E-state index in [0.29, 0.717) is 12.0 Å². The fraction of sp³-hybridized carbons (Fsp3) is 0.577. The van der Waals surface area contributed by atoms with E-state index in [4.69, 9.17) is 14.5 Å². The van der Waals surface area contributed by atoms with Gasteiger partial charge in [-0.05, 0) is 68.8 Å². The van der Waals surface area contributed by atoms with Gasteiger partial charge in [-0.25, -0.2) is 0 Å². The molecule has 5 rings (SSSR count). The topological polar surface area (TPSA) is 43.4 Å². The van der Waals surface area contributed by atoms with Crippen molar-refractivity contribution < 1.29 is 9.47 Å². The highest BCUT2D eigenvalue weighted by atomic mass is 16.5. The number of hydrogen-bond acceptors (Lipinski definition) is 4. The van der Waals surface area contributed by atoms with Crippen LogP contribution in [0.25, 0.3) is 0 Å².